The minimum atomic E-state index is 0.123. The Hall–Kier alpha value is -3.78. The molecule has 7 nitrogen and oxygen atoms in total. The molecule has 2 heterocycles. The standard InChI is InChI=1S/C30H31BrN6O/c1-5-16-37-25-9-7-6-8-24(25)27-28(37)33-29(36-34-27)35-32-18-21-17-23(31)14-15-26(21)38-19-20-10-12-22(13-11-20)30(2,3)4/h6-15,17-18H,5,16,19H2,1-4H3,(H,33,35,36)/b32-18+. The number of nitrogens with zero attached hydrogens (tertiary/aromatic N) is 5. The van der Waals surface area contributed by atoms with Gasteiger partial charge in [0.2, 0.25) is 0 Å². The van der Waals surface area contributed by atoms with Crippen molar-refractivity contribution in [1.82, 2.24) is 19.7 Å². The van der Waals surface area contributed by atoms with Crippen molar-refractivity contribution in [2.45, 2.75) is 52.7 Å². The normalized spacial score (nSPS) is 12.0. The molecule has 3 aromatic carbocycles. The highest BCUT2D eigenvalue weighted by molar-refractivity contribution is 9.10. The van der Waals surface area contributed by atoms with E-state index >= 15 is 0 Å². The number of hydrazone groups is 1. The van der Waals surface area contributed by atoms with E-state index in [9.17, 15) is 0 Å². The lowest BCUT2D eigenvalue weighted by molar-refractivity contribution is 0.305. The summed E-state index contributed by atoms with van der Waals surface area (Å²) in [7, 11) is 0. The van der Waals surface area contributed by atoms with E-state index in [1.54, 1.807) is 6.21 Å². The molecule has 8 heteroatoms. The van der Waals surface area contributed by atoms with Crippen LogP contribution in [0.15, 0.2) is 76.3 Å². The van der Waals surface area contributed by atoms with Gasteiger partial charge in [-0.1, -0.05) is 86.1 Å². The predicted octanol–water partition coefficient (Wildman–Crippen LogP) is 7.47. The van der Waals surface area contributed by atoms with Crippen molar-refractivity contribution in [1.29, 1.82) is 0 Å². The largest absolute Gasteiger partial charge is 0.488 e. The van der Waals surface area contributed by atoms with Gasteiger partial charge in [0.05, 0.1) is 11.7 Å². The molecule has 0 spiro atoms. The number of aryl methyl sites for hydroxylation is 1. The third-order valence-corrected chi connectivity index (χ3v) is 6.87. The van der Waals surface area contributed by atoms with Crippen LogP contribution >= 0.6 is 15.9 Å². The van der Waals surface area contributed by atoms with Gasteiger partial charge >= 0.3 is 0 Å². The molecule has 0 saturated heterocycles. The number of anilines is 1. The molecule has 0 fully saturated rings. The first-order chi connectivity index (χ1) is 18.3. The summed E-state index contributed by atoms with van der Waals surface area (Å²) in [6.07, 6.45) is 2.70. The maximum atomic E-state index is 6.15. The fourth-order valence-electron chi connectivity index (χ4n) is 4.37. The number of hydrogen-bond acceptors (Lipinski definition) is 6. The molecule has 0 atom stereocenters. The Balaban J connectivity index is 1.34. The van der Waals surface area contributed by atoms with Crippen molar-refractivity contribution in [3.05, 3.63) is 87.9 Å². The highest BCUT2D eigenvalue weighted by atomic mass is 79.9. The van der Waals surface area contributed by atoms with Crippen molar-refractivity contribution in [3.63, 3.8) is 0 Å². The van der Waals surface area contributed by atoms with E-state index in [2.05, 4.69) is 105 Å². The van der Waals surface area contributed by atoms with E-state index in [4.69, 9.17) is 9.72 Å². The molecule has 194 valence electrons. The van der Waals surface area contributed by atoms with Gasteiger partial charge in [0.1, 0.15) is 17.9 Å². The molecular weight excluding hydrogens is 540 g/mol. The first kappa shape index (κ1) is 25.9. The van der Waals surface area contributed by atoms with Gasteiger partial charge in [-0.05, 0) is 47.2 Å². The summed E-state index contributed by atoms with van der Waals surface area (Å²) in [5, 5.41) is 14.2. The van der Waals surface area contributed by atoms with Crippen molar-refractivity contribution in [2.24, 2.45) is 5.10 Å². The van der Waals surface area contributed by atoms with Crippen LogP contribution in [0.2, 0.25) is 0 Å². The van der Waals surface area contributed by atoms with Crippen LogP contribution in [-0.2, 0) is 18.6 Å². The molecule has 0 bridgehead atoms. The summed E-state index contributed by atoms with van der Waals surface area (Å²) in [6, 6.07) is 22.6. The van der Waals surface area contributed by atoms with Crippen molar-refractivity contribution in [2.75, 3.05) is 5.43 Å². The second kappa shape index (κ2) is 10.9. The maximum absolute atomic E-state index is 6.15. The predicted molar refractivity (Wildman–Crippen MR) is 158 cm³/mol. The molecule has 0 aliphatic heterocycles. The van der Waals surface area contributed by atoms with E-state index in [1.807, 2.05) is 30.3 Å². The number of hydrogen-bond donors (Lipinski definition) is 1. The average Bonchev–Trinajstić information content (AvgIpc) is 3.21. The summed E-state index contributed by atoms with van der Waals surface area (Å²) >= 11 is 3.55. The second-order valence-corrected chi connectivity index (χ2v) is 11.2. The van der Waals surface area contributed by atoms with Gasteiger partial charge in [0, 0.05) is 22.0 Å². The fraction of sp³-hybridized carbons (Fsp3) is 0.267. The lowest BCUT2D eigenvalue weighted by Gasteiger charge is -2.19. The second-order valence-electron chi connectivity index (χ2n) is 10.3. The molecule has 2 aromatic heterocycles. The minimum absolute atomic E-state index is 0.123. The van der Waals surface area contributed by atoms with Gasteiger partial charge < -0.3 is 9.30 Å². The third-order valence-electron chi connectivity index (χ3n) is 6.38. The number of benzene rings is 3. The fourth-order valence-corrected chi connectivity index (χ4v) is 4.75. The van der Waals surface area contributed by atoms with Gasteiger partial charge in [0.25, 0.3) is 5.95 Å². The van der Waals surface area contributed by atoms with E-state index in [0.717, 1.165) is 56.4 Å². The summed E-state index contributed by atoms with van der Waals surface area (Å²) in [5.74, 6) is 1.07. The highest BCUT2D eigenvalue weighted by Gasteiger charge is 2.15. The monoisotopic (exact) mass is 570 g/mol. The molecule has 0 saturated carbocycles. The number of rotatable bonds is 8. The Labute approximate surface area is 231 Å². The van der Waals surface area contributed by atoms with Crippen LogP contribution in [0.4, 0.5) is 5.95 Å². The quantitative estimate of drug-likeness (QED) is 0.154. The first-order valence-corrected chi connectivity index (χ1v) is 13.6. The summed E-state index contributed by atoms with van der Waals surface area (Å²) in [6.45, 7) is 10.1. The van der Waals surface area contributed by atoms with Gasteiger partial charge in [0.15, 0.2) is 5.65 Å². The zero-order valence-electron chi connectivity index (χ0n) is 22.1. The number of aromatic nitrogens is 4. The van der Waals surface area contributed by atoms with Gasteiger partial charge in [-0.25, -0.2) is 5.43 Å². The average molecular weight is 572 g/mol. The molecule has 5 aromatic rings. The Morgan fingerprint density at radius 3 is 2.58 bits per heavy atom. The van der Waals surface area contributed by atoms with Crippen LogP contribution in [0.1, 0.15) is 50.8 Å². The van der Waals surface area contributed by atoms with E-state index in [1.165, 1.54) is 5.56 Å². The number of fused-ring (bicyclic) bond motifs is 3. The Morgan fingerprint density at radius 1 is 1.03 bits per heavy atom. The smallest absolute Gasteiger partial charge is 0.265 e. The van der Waals surface area contributed by atoms with E-state index in [-0.39, 0.29) is 5.41 Å². The van der Waals surface area contributed by atoms with Crippen molar-refractivity contribution >= 4 is 50.2 Å². The molecule has 0 unspecified atom stereocenters. The van der Waals surface area contributed by atoms with Crippen LogP contribution in [0.25, 0.3) is 22.1 Å². The summed E-state index contributed by atoms with van der Waals surface area (Å²) in [4.78, 5) is 4.73. The maximum Gasteiger partial charge on any atom is 0.265 e. The number of para-hydroxylation sites is 1. The topological polar surface area (TPSA) is 77.2 Å². The lowest BCUT2D eigenvalue weighted by Crippen LogP contribution is -2.10. The van der Waals surface area contributed by atoms with Crippen LogP contribution in [0, 0.1) is 0 Å². The number of nitrogens with one attached hydrogen (secondary N) is 1. The Morgan fingerprint density at radius 2 is 1.82 bits per heavy atom. The number of halogens is 1. The zero-order valence-corrected chi connectivity index (χ0v) is 23.7. The zero-order chi connectivity index (χ0) is 26.7. The molecular formula is C30H31BrN6O. The molecule has 0 aliphatic carbocycles. The minimum Gasteiger partial charge on any atom is -0.488 e. The van der Waals surface area contributed by atoms with Gasteiger partial charge in [-0.3, -0.25) is 0 Å². The Bertz CT molecular complexity index is 1600. The molecule has 0 radical (unpaired) electrons. The van der Waals surface area contributed by atoms with Crippen LogP contribution < -0.4 is 10.2 Å². The van der Waals surface area contributed by atoms with Crippen LogP contribution in [-0.4, -0.2) is 26.0 Å². The highest BCUT2D eigenvalue weighted by Crippen LogP contribution is 2.27. The SMILES string of the molecule is CCCn1c2ccccc2c2nnc(N/N=C/c3cc(Br)ccc3OCc3ccc(C(C)(C)C)cc3)nc21. The van der Waals surface area contributed by atoms with Crippen molar-refractivity contribution < 1.29 is 4.74 Å². The molecule has 0 aliphatic rings. The Kier molecular flexibility index (Phi) is 7.42. The third kappa shape index (κ3) is 5.55. The lowest BCUT2D eigenvalue weighted by atomic mass is 9.87. The number of ether oxygens (including phenoxy) is 1. The molecule has 38 heavy (non-hydrogen) atoms. The van der Waals surface area contributed by atoms with E-state index in [0.29, 0.717) is 12.6 Å². The van der Waals surface area contributed by atoms with Crippen LogP contribution in [0.5, 0.6) is 5.75 Å². The molecule has 0 amide bonds. The summed E-state index contributed by atoms with van der Waals surface area (Å²) < 4.78 is 9.27. The van der Waals surface area contributed by atoms with E-state index < -0.39 is 0 Å². The summed E-state index contributed by atoms with van der Waals surface area (Å²) in [5.41, 5.74) is 8.99. The molecule has 1 N–H and O–H groups in total. The van der Waals surface area contributed by atoms with Gasteiger partial charge in [-0.2, -0.15) is 10.1 Å². The van der Waals surface area contributed by atoms with Crippen LogP contribution in [0.3, 0.4) is 0 Å². The molecule has 5 rings (SSSR count). The first-order valence-electron chi connectivity index (χ1n) is 12.8. The van der Waals surface area contributed by atoms with Gasteiger partial charge in [-0.15, -0.1) is 10.2 Å². The van der Waals surface area contributed by atoms with Crippen molar-refractivity contribution in [3.8, 4) is 5.75 Å².